The Morgan fingerprint density at radius 3 is 2.42 bits per heavy atom. The number of nitrogens with one attached hydrogen (secondary N) is 1. The van der Waals surface area contributed by atoms with Crippen LogP contribution in [0.1, 0.15) is 5.56 Å². The van der Waals surface area contributed by atoms with Crippen molar-refractivity contribution in [2.45, 2.75) is 6.92 Å². The molecule has 0 aromatic heterocycles. The van der Waals surface area contributed by atoms with Gasteiger partial charge in [-0.25, -0.2) is 4.39 Å². The molecule has 0 saturated heterocycles. The molecule has 0 heterocycles. The summed E-state index contributed by atoms with van der Waals surface area (Å²) in [5.74, 6) is -0.320. The molecule has 0 atom stereocenters. The highest BCUT2D eigenvalue weighted by Gasteiger charge is 2.11. The fraction of sp³-hybridized carbons (Fsp3) is 0.0769. The summed E-state index contributed by atoms with van der Waals surface area (Å²) < 4.78 is 13.4. The predicted octanol–water partition coefficient (Wildman–Crippen LogP) is 3.37. The van der Waals surface area contributed by atoms with E-state index in [0.29, 0.717) is 16.9 Å². The van der Waals surface area contributed by atoms with Crippen molar-refractivity contribution in [3.63, 3.8) is 0 Å². The van der Waals surface area contributed by atoms with Crippen molar-refractivity contribution in [3.05, 3.63) is 57.9 Å². The predicted molar refractivity (Wildman–Crippen MR) is 71.9 cm³/mol. The smallest absolute Gasteiger partial charge is 0.292 e. The molecular formula is C13H12FN3O2. The lowest BCUT2D eigenvalue weighted by molar-refractivity contribution is -0.383. The molecule has 0 aliphatic rings. The Hall–Kier alpha value is -2.63. The Balaban J connectivity index is 2.26. The first-order valence-corrected chi connectivity index (χ1v) is 5.54. The lowest BCUT2D eigenvalue weighted by Gasteiger charge is -2.08. The molecule has 0 aliphatic heterocycles. The van der Waals surface area contributed by atoms with Crippen LogP contribution >= 0.6 is 0 Å². The number of nitro benzene ring substituents is 1. The zero-order valence-electron chi connectivity index (χ0n) is 10.2. The largest absolute Gasteiger partial charge is 0.393 e. The summed E-state index contributed by atoms with van der Waals surface area (Å²) in [6.45, 7) is 1.67. The second-order valence-electron chi connectivity index (χ2n) is 4.12. The van der Waals surface area contributed by atoms with Crippen LogP contribution < -0.4 is 11.1 Å². The molecule has 0 aliphatic carbocycles. The fourth-order valence-corrected chi connectivity index (χ4v) is 1.64. The minimum absolute atomic E-state index is 0.0579. The van der Waals surface area contributed by atoms with E-state index in [0.717, 1.165) is 0 Å². The van der Waals surface area contributed by atoms with Crippen molar-refractivity contribution in [2.75, 3.05) is 11.1 Å². The number of nitro groups is 1. The van der Waals surface area contributed by atoms with E-state index >= 15 is 0 Å². The Kier molecular flexibility index (Phi) is 3.33. The minimum atomic E-state index is -0.551. The molecule has 2 aromatic rings. The lowest BCUT2D eigenvalue weighted by atomic mass is 10.2. The zero-order valence-corrected chi connectivity index (χ0v) is 10.2. The second kappa shape index (κ2) is 4.93. The van der Waals surface area contributed by atoms with Gasteiger partial charge in [0.15, 0.2) is 0 Å². The van der Waals surface area contributed by atoms with Gasteiger partial charge in [0.2, 0.25) is 0 Å². The van der Waals surface area contributed by atoms with E-state index in [1.54, 1.807) is 19.1 Å². The van der Waals surface area contributed by atoms with E-state index in [2.05, 4.69) is 5.32 Å². The standard InChI is InChI=1S/C13H12FN3O2/c1-8-2-3-9(6-11(8)14)16-10-4-5-13(17(18)19)12(15)7-10/h2-7,16H,15H2,1H3. The SMILES string of the molecule is Cc1ccc(Nc2ccc([N+](=O)[O-])c(N)c2)cc1F. The number of nitrogens with two attached hydrogens (primary N) is 1. The molecule has 0 unspecified atom stereocenters. The van der Waals surface area contributed by atoms with Crippen LogP contribution in [0.3, 0.4) is 0 Å². The van der Waals surface area contributed by atoms with Gasteiger partial charge in [0, 0.05) is 17.4 Å². The molecule has 6 heteroatoms. The molecule has 2 rings (SSSR count). The van der Waals surface area contributed by atoms with Gasteiger partial charge in [-0.05, 0) is 36.8 Å². The van der Waals surface area contributed by atoms with Crippen molar-refractivity contribution >= 4 is 22.7 Å². The molecule has 2 aromatic carbocycles. The average Bonchev–Trinajstić information content (AvgIpc) is 2.33. The number of aryl methyl sites for hydroxylation is 1. The number of nitrogen functional groups attached to an aromatic ring is 1. The van der Waals surface area contributed by atoms with E-state index in [1.165, 1.54) is 24.3 Å². The Morgan fingerprint density at radius 1 is 1.21 bits per heavy atom. The highest BCUT2D eigenvalue weighted by atomic mass is 19.1. The van der Waals surface area contributed by atoms with Crippen molar-refractivity contribution < 1.29 is 9.31 Å². The van der Waals surface area contributed by atoms with Gasteiger partial charge in [-0.1, -0.05) is 6.07 Å². The summed E-state index contributed by atoms with van der Waals surface area (Å²) in [5, 5.41) is 13.6. The normalized spacial score (nSPS) is 10.2. The van der Waals surface area contributed by atoms with Gasteiger partial charge in [0.05, 0.1) is 4.92 Å². The summed E-state index contributed by atoms with van der Waals surface area (Å²) in [7, 11) is 0. The lowest BCUT2D eigenvalue weighted by Crippen LogP contribution is -1.98. The zero-order chi connectivity index (χ0) is 14.0. The summed E-state index contributed by atoms with van der Waals surface area (Å²) >= 11 is 0. The summed E-state index contributed by atoms with van der Waals surface area (Å²) in [6.07, 6.45) is 0. The third-order valence-corrected chi connectivity index (χ3v) is 2.68. The van der Waals surface area contributed by atoms with Gasteiger partial charge >= 0.3 is 0 Å². The van der Waals surface area contributed by atoms with Crippen molar-refractivity contribution in [2.24, 2.45) is 0 Å². The van der Waals surface area contributed by atoms with Crippen LogP contribution in [0.15, 0.2) is 36.4 Å². The summed E-state index contributed by atoms with van der Waals surface area (Å²) in [5.41, 5.74) is 7.14. The number of hydrogen-bond donors (Lipinski definition) is 2. The molecule has 19 heavy (non-hydrogen) atoms. The third kappa shape index (κ3) is 2.79. The quantitative estimate of drug-likeness (QED) is 0.504. The van der Waals surface area contributed by atoms with E-state index < -0.39 is 4.92 Å². The molecule has 0 amide bonds. The fourth-order valence-electron chi connectivity index (χ4n) is 1.64. The maximum atomic E-state index is 13.4. The van der Waals surface area contributed by atoms with Gasteiger partial charge in [-0.15, -0.1) is 0 Å². The van der Waals surface area contributed by atoms with Crippen LogP contribution in [-0.4, -0.2) is 4.92 Å². The highest BCUT2D eigenvalue weighted by molar-refractivity contribution is 5.69. The van der Waals surface area contributed by atoms with Gasteiger partial charge in [0.25, 0.3) is 5.69 Å². The van der Waals surface area contributed by atoms with Crippen molar-refractivity contribution in [1.29, 1.82) is 0 Å². The number of nitrogens with zero attached hydrogens (tertiary/aromatic N) is 1. The van der Waals surface area contributed by atoms with Crippen molar-refractivity contribution in [3.8, 4) is 0 Å². The summed E-state index contributed by atoms with van der Waals surface area (Å²) in [6, 6.07) is 8.99. The number of anilines is 3. The molecule has 0 radical (unpaired) electrons. The van der Waals surface area contributed by atoms with Crippen LogP contribution in [0, 0.1) is 22.9 Å². The Morgan fingerprint density at radius 2 is 1.84 bits per heavy atom. The molecule has 0 fully saturated rings. The van der Waals surface area contributed by atoms with Crippen LogP contribution in [0.25, 0.3) is 0 Å². The number of hydrogen-bond acceptors (Lipinski definition) is 4. The topological polar surface area (TPSA) is 81.2 Å². The third-order valence-electron chi connectivity index (χ3n) is 2.68. The van der Waals surface area contributed by atoms with Crippen LogP contribution in [0.5, 0.6) is 0 Å². The Bertz CT molecular complexity index is 644. The molecule has 0 spiro atoms. The number of benzene rings is 2. The van der Waals surface area contributed by atoms with Crippen LogP contribution in [-0.2, 0) is 0 Å². The first-order valence-electron chi connectivity index (χ1n) is 5.54. The maximum absolute atomic E-state index is 13.4. The summed E-state index contributed by atoms with van der Waals surface area (Å²) in [4.78, 5) is 10.1. The van der Waals surface area contributed by atoms with E-state index in [4.69, 9.17) is 5.73 Å². The number of rotatable bonds is 3. The van der Waals surface area contributed by atoms with Gasteiger partial charge < -0.3 is 11.1 Å². The molecule has 3 N–H and O–H groups in total. The van der Waals surface area contributed by atoms with E-state index in [-0.39, 0.29) is 17.2 Å². The average molecular weight is 261 g/mol. The first-order chi connectivity index (χ1) is 8.97. The minimum Gasteiger partial charge on any atom is -0.393 e. The highest BCUT2D eigenvalue weighted by Crippen LogP contribution is 2.27. The van der Waals surface area contributed by atoms with Crippen LogP contribution in [0.2, 0.25) is 0 Å². The van der Waals surface area contributed by atoms with Gasteiger partial charge in [-0.3, -0.25) is 10.1 Å². The Labute approximate surface area is 109 Å². The molecule has 98 valence electrons. The number of halogens is 1. The molecule has 0 bridgehead atoms. The van der Waals surface area contributed by atoms with Crippen molar-refractivity contribution in [1.82, 2.24) is 0 Å². The molecular weight excluding hydrogens is 249 g/mol. The van der Waals surface area contributed by atoms with Gasteiger partial charge in [-0.2, -0.15) is 0 Å². The maximum Gasteiger partial charge on any atom is 0.292 e. The van der Waals surface area contributed by atoms with Gasteiger partial charge in [0.1, 0.15) is 11.5 Å². The molecule has 5 nitrogen and oxygen atoms in total. The monoisotopic (exact) mass is 261 g/mol. The van der Waals surface area contributed by atoms with Crippen LogP contribution in [0.4, 0.5) is 27.1 Å². The first kappa shape index (κ1) is 12.8. The van der Waals surface area contributed by atoms with E-state index in [1.807, 2.05) is 0 Å². The molecule has 0 saturated carbocycles. The second-order valence-corrected chi connectivity index (χ2v) is 4.12. The van der Waals surface area contributed by atoms with E-state index in [9.17, 15) is 14.5 Å².